The molecule has 2 rings (SSSR count). The van der Waals surface area contributed by atoms with Gasteiger partial charge in [-0.2, -0.15) is 0 Å². The summed E-state index contributed by atoms with van der Waals surface area (Å²) in [4.78, 5) is 19.3. The highest BCUT2D eigenvalue weighted by atomic mass is 16.2. The largest absolute Gasteiger partial charge is 0.352 e. The lowest BCUT2D eigenvalue weighted by molar-refractivity contribution is 0.154. The number of hydrogen-bond donors (Lipinski definition) is 3. The first kappa shape index (κ1) is 16.1. The Morgan fingerprint density at radius 1 is 1.32 bits per heavy atom. The second-order valence-corrected chi connectivity index (χ2v) is 5.05. The summed E-state index contributed by atoms with van der Waals surface area (Å²) in [5.41, 5.74) is 2.53. The smallest absolute Gasteiger partial charge is 0.320 e. The fraction of sp³-hybridized carbons (Fsp3) is 0.615. The van der Waals surface area contributed by atoms with Crippen LogP contribution in [0.25, 0.3) is 0 Å². The van der Waals surface area contributed by atoms with E-state index >= 15 is 0 Å². The number of nitrogens with one attached hydrogen (secondary N) is 2. The van der Waals surface area contributed by atoms with Gasteiger partial charge in [-0.25, -0.2) is 16.2 Å². The first-order chi connectivity index (χ1) is 10.6. The number of nitrogens with two attached hydrogens (primary N) is 1. The number of hydrogen-bond acceptors (Lipinski definition) is 6. The molecule has 0 unspecified atom stereocenters. The van der Waals surface area contributed by atoms with Crippen molar-refractivity contribution in [2.24, 2.45) is 5.84 Å². The number of amides is 2. The van der Waals surface area contributed by atoms with Gasteiger partial charge in [0, 0.05) is 39.3 Å². The summed E-state index contributed by atoms with van der Waals surface area (Å²) in [6, 6.07) is 3.52. The van der Waals surface area contributed by atoms with Crippen LogP contribution in [0.1, 0.15) is 13.8 Å². The molecule has 0 saturated carbocycles. The first-order valence-electron chi connectivity index (χ1n) is 7.51. The van der Waals surface area contributed by atoms with E-state index in [1.54, 1.807) is 12.1 Å². The fourth-order valence-electron chi connectivity index (χ4n) is 2.50. The molecule has 22 heavy (non-hydrogen) atoms. The van der Waals surface area contributed by atoms with Crippen LogP contribution in [-0.2, 0) is 0 Å². The van der Waals surface area contributed by atoms with Crippen LogP contribution >= 0.6 is 0 Å². The van der Waals surface area contributed by atoms with E-state index in [-0.39, 0.29) is 11.5 Å². The van der Waals surface area contributed by atoms with Gasteiger partial charge in [0.05, 0.1) is 0 Å². The summed E-state index contributed by atoms with van der Waals surface area (Å²) < 4.78 is 0. The Kier molecular flexibility index (Phi) is 5.21. The van der Waals surface area contributed by atoms with Gasteiger partial charge in [0.2, 0.25) is 0 Å². The Labute approximate surface area is 129 Å². The molecule has 122 valence electrons. The van der Waals surface area contributed by atoms with Crippen molar-refractivity contribution in [2.45, 2.75) is 13.8 Å². The molecule has 1 aromatic heterocycles. The van der Waals surface area contributed by atoms with Crippen molar-refractivity contribution in [3.63, 3.8) is 0 Å². The molecule has 0 atom stereocenters. The number of nitrogens with zero attached hydrogens (tertiary/aromatic N) is 5. The SMILES string of the molecule is CCN(CC)C(=O)N1CCN(c2ccc(=N)n(NN)n2)CC1. The van der Waals surface area contributed by atoms with Gasteiger partial charge in [0.25, 0.3) is 0 Å². The number of carbonyl (C=O) groups excluding carboxylic acids is 1. The summed E-state index contributed by atoms with van der Waals surface area (Å²) in [5.74, 6) is 6.07. The summed E-state index contributed by atoms with van der Waals surface area (Å²) in [6.07, 6.45) is 0. The van der Waals surface area contributed by atoms with Gasteiger partial charge in [-0.05, 0) is 26.0 Å². The van der Waals surface area contributed by atoms with Crippen LogP contribution in [-0.4, -0.2) is 65.0 Å². The van der Waals surface area contributed by atoms with Crippen LogP contribution in [0.2, 0.25) is 0 Å². The summed E-state index contributed by atoms with van der Waals surface area (Å²) in [7, 11) is 0. The van der Waals surface area contributed by atoms with Crippen molar-refractivity contribution in [1.82, 2.24) is 19.7 Å². The van der Waals surface area contributed by atoms with Crippen molar-refractivity contribution < 1.29 is 4.79 Å². The lowest BCUT2D eigenvalue weighted by atomic mass is 10.3. The molecule has 1 aromatic rings. The maximum absolute atomic E-state index is 12.3. The minimum absolute atomic E-state index is 0.0952. The standard InChI is InChI=1S/C13H24N8O/c1-3-18(4-2)13(22)20-9-7-19(8-10-20)12-6-5-11(14)21(16-12)17-15/h5-6,14,17H,3-4,7-10,15H2,1-2H3. The molecule has 1 fully saturated rings. The van der Waals surface area contributed by atoms with E-state index in [2.05, 4.69) is 15.5 Å². The van der Waals surface area contributed by atoms with Crippen molar-refractivity contribution in [3.8, 4) is 0 Å². The van der Waals surface area contributed by atoms with Crippen molar-refractivity contribution in [2.75, 3.05) is 49.7 Å². The van der Waals surface area contributed by atoms with Gasteiger partial charge in [0.1, 0.15) is 0 Å². The number of anilines is 1. The zero-order chi connectivity index (χ0) is 16.1. The van der Waals surface area contributed by atoms with Crippen molar-refractivity contribution in [3.05, 3.63) is 17.6 Å². The van der Waals surface area contributed by atoms with Gasteiger partial charge in [0.15, 0.2) is 11.3 Å². The average molecular weight is 308 g/mol. The minimum atomic E-state index is 0.0952. The molecule has 0 aromatic carbocycles. The van der Waals surface area contributed by atoms with E-state index in [1.807, 2.05) is 23.6 Å². The highest BCUT2D eigenvalue weighted by molar-refractivity contribution is 5.74. The van der Waals surface area contributed by atoms with Gasteiger partial charge in [-0.3, -0.25) is 5.41 Å². The maximum Gasteiger partial charge on any atom is 0.320 e. The quantitative estimate of drug-likeness (QED) is 0.507. The van der Waals surface area contributed by atoms with Crippen LogP contribution < -0.4 is 21.8 Å². The maximum atomic E-state index is 12.3. The number of urea groups is 1. The minimum Gasteiger partial charge on any atom is -0.352 e. The van der Waals surface area contributed by atoms with E-state index in [0.717, 1.165) is 18.9 Å². The molecule has 1 saturated heterocycles. The molecule has 0 spiro atoms. The Bertz CT molecular complexity index is 559. The number of rotatable bonds is 4. The predicted molar refractivity (Wildman–Crippen MR) is 83.7 cm³/mol. The van der Waals surface area contributed by atoms with E-state index in [9.17, 15) is 4.79 Å². The molecule has 0 bridgehead atoms. The monoisotopic (exact) mass is 308 g/mol. The van der Waals surface area contributed by atoms with Gasteiger partial charge >= 0.3 is 6.03 Å². The van der Waals surface area contributed by atoms with Crippen LogP contribution in [0.5, 0.6) is 0 Å². The molecular formula is C13H24N8O. The summed E-state index contributed by atoms with van der Waals surface area (Å²) in [6.45, 7) is 8.18. The lowest BCUT2D eigenvalue weighted by Gasteiger charge is -2.37. The van der Waals surface area contributed by atoms with Crippen LogP contribution in [0.15, 0.2) is 12.1 Å². The molecule has 2 amide bonds. The normalized spacial score (nSPS) is 14.9. The average Bonchev–Trinajstić information content (AvgIpc) is 2.56. The Balaban J connectivity index is 2.00. The Hall–Kier alpha value is -2.29. The number of piperazine rings is 1. The van der Waals surface area contributed by atoms with E-state index in [1.165, 1.54) is 4.79 Å². The fourth-order valence-corrected chi connectivity index (χ4v) is 2.50. The van der Waals surface area contributed by atoms with Crippen LogP contribution in [0.4, 0.5) is 10.6 Å². The van der Waals surface area contributed by atoms with Gasteiger partial charge in [-0.1, -0.05) is 0 Å². The van der Waals surface area contributed by atoms with Gasteiger partial charge in [-0.15, -0.1) is 9.89 Å². The molecule has 0 aliphatic carbocycles. The molecular weight excluding hydrogens is 284 g/mol. The highest BCUT2D eigenvalue weighted by Gasteiger charge is 2.24. The zero-order valence-corrected chi connectivity index (χ0v) is 13.1. The van der Waals surface area contributed by atoms with Gasteiger partial charge < -0.3 is 14.7 Å². The number of hydrazine groups is 1. The molecule has 9 heteroatoms. The van der Waals surface area contributed by atoms with Crippen molar-refractivity contribution in [1.29, 1.82) is 5.41 Å². The first-order valence-corrected chi connectivity index (χ1v) is 7.51. The Morgan fingerprint density at radius 3 is 2.50 bits per heavy atom. The van der Waals surface area contributed by atoms with E-state index in [4.69, 9.17) is 11.3 Å². The highest BCUT2D eigenvalue weighted by Crippen LogP contribution is 2.12. The van der Waals surface area contributed by atoms with E-state index < -0.39 is 0 Å². The summed E-state index contributed by atoms with van der Waals surface area (Å²) in [5, 5.41) is 11.9. The molecule has 9 nitrogen and oxygen atoms in total. The topological polar surface area (TPSA) is 107 Å². The number of carbonyl (C=O) groups is 1. The lowest BCUT2D eigenvalue weighted by Crippen LogP contribution is -2.53. The molecule has 4 N–H and O–H groups in total. The van der Waals surface area contributed by atoms with Crippen LogP contribution in [0.3, 0.4) is 0 Å². The molecule has 0 radical (unpaired) electrons. The second-order valence-electron chi connectivity index (χ2n) is 5.05. The van der Waals surface area contributed by atoms with Crippen molar-refractivity contribution >= 4 is 11.8 Å². The van der Waals surface area contributed by atoms with Crippen LogP contribution in [0, 0.1) is 5.41 Å². The number of aromatic nitrogens is 2. The Morgan fingerprint density at radius 2 is 1.95 bits per heavy atom. The molecule has 1 aliphatic rings. The zero-order valence-electron chi connectivity index (χ0n) is 13.1. The third-order valence-electron chi connectivity index (χ3n) is 3.85. The third kappa shape index (κ3) is 3.30. The summed E-state index contributed by atoms with van der Waals surface area (Å²) >= 11 is 0. The van der Waals surface area contributed by atoms with E-state index in [0.29, 0.717) is 26.2 Å². The second kappa shape index (κ2) is 7.12. The third-order valence-corrected chi connectivity index (χ3v) is 3.85. The molecule has 1 aliphatic heterocycles. The molecule has 2 heterocycles. The predicted octanol–water partition coefficient (Wildman–Crippen LogP) is -0.636. The number of nitrogen functional groups attached to an aromatic ring is 1.